The lowest BCUT2D eigenvalue weighted by molar-refractivity contribution is -0.129. The Morgan fingerprint density at radius 2 is 2.11 bits per heavy atom. The lowest BCUT2D eigenvalue weighted by Gasteiger charge is -2.30. The molecule has 2 aliphatic heterocycles. The van der Waals surface area contributed by atoms with Crippen LogP contribution in [-0.2, 0) is 9.53 Å². The maximum absolute atomic E-state index is 12.3. The van der Waals surface area contributed by atoms with Crippen LogP contribution in [-0.4, -0.2) is 61.3 Å². The highest BCUT2D eigenvalue weighted by molar-refractivity contribution is 5.82. The van der Waals surface area contributed by atoms with Gasteiger partial charge in [0.15, 0.2) is 0 Å². The van der Waals surface area contributed by atoms with E-state index in [1.165, 1.54) is 12.8 Å². The second kappa shape index (κ2) is 5.38. The Hall–Kier alpha value is -0.650. The number of ether oxygens (including phenoxy) is 1. The van der Waals surface area contributed by atoms with Gasteiger partial charge in [0.1, 0.15) is 6.04 Å². The van der Waals surface area contributed by atoms with E-state index in [0.717, 1.165) is 25.7 Å². The molecule has 0 aromatic heterocycles. The molecule has 108 valence electrons. The Bertz CT molecular complexity index is 346. The normalized spacial score (nSPS) is 40.3. The summed E-state index contributed by atoms with van der Waals surface area (Å²) in [6.07, 6.45) is 2.63. The van der Waals surface area contributed by atoms with Gasteiger partial charge in [0.05, 0.1) is 12.7 Å². The summed E-state index contributed by atoms with van der Waals surface area (Å²) in [7, 11) is 0. The average molecular weight is 267 g/mol. The van der Waals surface area contributed by atoms with Crippen LogP contribution in [0.25, 0.3) is 0 Å². The molecular weight excluding hydrogens is 242 g/mol. The van der Waals surface area contributed by atoms with Gasteiger partial charge in [-0.1, -0.05) is 6.92 Å². The van der Waals surface area contributed by atoms with E-state index in [9.17, 15) is 4.79 Å². The van der Waals surface area contributed by atoms with Gasteiger partial charge in [-0.05, 0) is 25.7 Å². The molecule has 0 aromatic carbocycles. The molecule has 0 radical (unpaired) electrons. The predicted octanol–water partition coefficient (Wildman–Crippen LogP) is -0.0378. The second-order valence-corrected chi connectivity index (χ2v) is 6.29. The van der Waals surface area contributed by atoms with Gasteiger partial charge in [0.2, 0.25) is 5.91 Å². The highest BCUT2D eigenvalue weighted by atomic mass is 16.5. The van der Waals surface area contributed by atoms with Gasteiger partial charge in [-0.3, -0.25) is 9.69 Å². The van der Waals surface area contributed by atoms with Crippen molar-refractivity contribution in [1.29, 1.82) is 0 Å². The van der Waals surface area contributed by atoms with E-state index in [1.807, 2.05) is 6.92 Å². The maximum Gasteiger partial charge on any atom is 0.240 e. The van der Waals surface area contributed by atoms with Crippen molar-refractivity contribution in [1.82, 2.24) is 15.5 Å². The lowest BCUT2D eigenvalue weighted by atomic mass is 10.0. The van der Waals surface area contributed by atoms with Crippen LogP contribution in [0.2, 0.25) is 0 Å². The summed E-state index contributed by atoms with van der Waals surface area (Å²) in [6, 6.07) is 0.888. The Balaban J connectivity index is 1.53. The van der Waals surface area contributed by atoms with Gasteiger partial charge in [-0.15, -0.1) is 0 Å². The monoisotopic (exact) mass is 267 g/mol. The van der Waals surface area contributed by atoms with Gasteiger partial charge in [-0.2, -0.15) is 0 Å². The van der Waals surface area contributed by atoms with Crippen LogP contribution < -0.4 is 10.6 Å². The third-order valence-electron chi connectivity index (χ3n) is 4.63. The topological polar surface area (TPSA) is 53.6 Å². The van der Waals surface area contributed by atoms with Crippen LogP contribution in [0.15, 0.2) is 0 Å². The number of hydrogen-bond donors (Lipinski definition) is 2. The van der Waals surface area contributed by atoms with E-state index >= 15 is 0 Å². The number of morpholine rings is 1. The molecule has 3 fully saturated rings. The van der Waals surface area contributed by atoms with Crippen molar-refractivity contribution < 1.29 is 9.53 Å². The molecule has 2 unspecified atom stereocenters. The van der Waals surface area contributed by atoms with E-state index in [-0.39, 0.29) is 18.1 Å². The maximum atomic E-state index is 12.3. The summed E-state index contributed by atoms with van der Waals surface area (Å²) in [5, 5.41) is 6.47. The van der Waals surface area contributed by atoms with Crippen LogP contribution >= 0.6 is 0 Å². The van der Waals surface area contributed by atoms with E-state index in [2.05, 4.69) is 22.5 Å². The first-order valence-electron chi connectivity index (χ1n) is 7.54. The van der Waals surface area contributed by atoms with Gasteiger partial charge >= 0.3 is 0 Å². The molecule has 0 bridgehead atoms. The van der Waals surface area contributed by atoms with E-state index < -0.39 is 0 Å². The van der Waals surface area contributed by atoms with E-state index in [4.69, 9.17) is 4.74 Å². The van der Waals surface area contributed by atoms with E-state index in [1.54, 1.807) is 0 Å². The quantitative estimate of drug-likeness (QED) is 0.753. The highest BCUT2D eigenvalue weighted by Gasteiger charge is 2.39. The SMILES string of the molecule is CC1CN(C2CC2)CC1NC(=O)[C@H]1NCCO[C@@H]1C. The first kappa shape index (κ1) is 13.3. The zero-order valence-corrected chi connectivity index (χ0v) is 11.9. The smallest absolute Gasteiger partial charge is 0.240 e. The fourth-order valence-corrected chi connectivity index (χ4v) is 3.23. The van der Waals surface area contributed by atoms with Crippen molar-refractivity contribution in [2.75, 3.05) is 26.2 Å². The van der Waals surface area contributed by atoms with Crippen molar-refractivity contribution >= 4 is 5.91 Å². The summed E-state index contributed by atoms with van der Waals surface area (Å²) in [6.45, 7) is 7.79. The van der Waals surface area contributed by atoms with Crippen LogP contribution in [0, 0.1) is 5.92 Å². The third kappa shape index (κ3) is 2.93. The number of hydrogen-bond acceptors (Lipinski definition) is 4. The van der Waals surface area contributed by atoms with Crippen molar-refractivity contribution in [3.8, 4) is 0 Å². The zero-order valence-electron chi connectivity index (χ0n) is 11.9. The number of nitrogens with one attached hydrogen (secondary N) is 2. The molecule has 19 heavy (non-hydrogen) atoms. The standard InChI is InChI=1S/C14H25N3O2/c1-9-7-17(11-3-4-11)8-12(9)16-14(18)13-10(2)19-6-5-15-13/h9-13,15H,3-8H2,1-2H3,(H,16,18)/t9?,10-,12?,13+/m1/s1. The summed E-state index contributed by atoms with van der Waals surface area (Å²) in [5.74, 6) is 0.645. The number of carbonyl (C=O) groups excluding carboxylic acids is 1. The molecule has 2 saturated heterocycles. The Morgan fingerprint density at radius 1 is 1.32 bits per heavy atom. The molecule has 0 aromatic rings. The van der Waals surface area contributed by atoms with Crippen molar-refractivity contribution in [3.05, 3.63) is 0 Å². The van der Waals surface area contributed by atoms with Crippen molar-refractivity contribution in [2.45, 2.75) is 50.9 Å². The minimum atomic E-state index is -0.198. The van der Waals surface area contributed by atoms with Crippen LogP contribution in [0.3, 0.4) is 0 Å². The molecule has 1 amide bonds. The molecule has 5 heteroatoms. The van der Waals surface area contributed by atoms with Crippen LogP contribution in [0.4, 0.5) is 0 Å². The third-order valence-corrected chi connectivity index (χ3v) is 4.63. The van der Waals surface area contributed by atoms with Gasteiger partial charge in [0, 0.05) is 31.7 Å². The first-order chi connectivity index (χ1) is 9.15. The summed E-state index contributed by atoms with van der Waals surface area (Å²) in [4.78, 5) is 14.9. The summed E-state index contributed by atoms with van der Waals surface area (Å²) in [5.41, 5.74) is 0. The highest BCUT2D eigenvalue weighted by Crippen LogP contribution is 2.31. The summed E-state index contributed by atoms with van der Waals surface area (Å²) < 4.78 is 5.54. The summed E-state index contributed by atoms with van der Waals surface area (Å²) >= 11 is 0. The minimum Gasteiger partial charge on any atom is -0.375 e. The molecule has 2 N–H and O–H groups in total. The fourth-order valence-electron chi connectivity index (χ4n) is 3.23. The number of rotatable bonds is 3. The Labute approximate surface area is 115 Å². The largest absolute Gasteiger partial charge is 0.375 e. The van der Waals surface area contributed by atoms with Gasteiger partial charge < -0.3 is 15.4 Å². The second-order valence-electron chi connectivity index (χ2n) is 6.29. The zero-order chi connectivity index (χ0) is 13.4. The Morgan fingerprint density at radius 3 is 2.79 bits per heavy atom. The fraction of sp³-hybridized carbons (Fsp3) is 0.929. The van der Waals surface area contributed by atoms with E-state index in [0.29, 0.717) is 18.6 Å². The lowest BCUT2D eigenvalue weighted by Crippen LogP contribution is -2.57. The van der Waals surface area contributed by atoms with Gasteiger partial charge in [0.25, 0.3) is 0 Å². The Kier molecular flexibility index (Phi) is 3.78. The molecule has 1 aliphatic carbocycles. The van der Waals surface area contributed by atoms with Crippen molar-refractivity contribution in [3.63, 3.8) is 0 Å². The molecule has 0 spiro atoms. The molecular formula is C14H25N3O2. The average Bonchev–Trinajstić information content (AvgIpc) is 3.16. The number of amides is 1. The van der Waals surface area contributed by atoms with Crippen LogP contribution in [0.5, 0.6) is 0 Å². The van der Waals surface area contributed by atoms with Gasteiger partial charge in [-0.25, -0.2) is 0 Å². The molecule has 3 rings (SSSR count). The molecule has 5 nitrogen and oxygen atoms in total. The molecule has 4 atom stereocenters. The number of carbonyl (C=O) groups is 1. The molecule has 2 heterocycles. The first-order valence-corrected chi connectivity index (χ1v) is 7.54. The van der Waals surface area contributed by atoms with Crippen LogP contribution in [0.1, 0.15) is 26.7 Å². The molecule has 3 aliphatic rings. The van der Waals surface area contributed by atoms with Crippen molar-refractivity contribution in [2.24, 2.45) is 5.92 Å². The number of nitrogens with zero attached hydrogens (tertiary/aromatic N) is 1. The predicted molar refractivity (Wildman–Crippen MR) is 72.9 cm³/mol. The number of likely N-dealkylation sites (tertiary alicyclic amines) is 1. The molecule has 1 saturated carbocycles. The minimum absolute atomic E-state index is 0.0370.